The van der Waals surface area contributed by atoms with Crippen LogP contribution in [0, 0.1) is 10.1 Å². The zero-order chi connectivity index (χ0) is 18.8. The first-order chi connectivity index (χ1) is 11.6. The van der Waals surface area contributed by atoms with Crippen LogP contribution in [-0.4, -0.2) is 21.4 Å². The van der Waals surface area contributed by atoms with Gasteiger partial charge in [0, 0.05) is 6.07 Å². The Kier molecular flexibility index (Phi) is 5.02. The molecular formula is C14H9ClF3N3O4. The molecule has 0 heterocycles. The first-order valence-electron chi connectivity index (χ1n) is 6.46. The lowest BCUT2D eigenvalue weighted by Gasteiger charge is -2.08. The maximum absolute atomic E-state index is 12.6. The van der Waals surface area contributed by atoms with Crippen LogP contribution in [0.4, 0.5) is 24.5 Å². The van der Waals surface area contributed by atoms with E-state index in [2.05, 4.69) is 10.5 Å². The number of nitro benzene ring substituents is 1. The van der Waals surface area contributed by atoms with Crippen molar-refractivity contribution < 1.29 is 28.3 Å². The lowest BCUT2D eigenvalue weighted by atomic mass is 10.1. The molecule has 0 saturated carbocycles. The highest BCUT2D eigenvalue weighted by molar-refractivity contribution is 6.32. The Labute approximate surface area is 143 Å². The van der Waals surface area contributed by atoms with Gasteiger partial charge in [-0.25, -0.2) is 0 Å². The molecule has 7 nitrogen and oxygen atoms in total. The number of anilines is 1. The van der Waals surface area contributed by atoms with E-state index in [0.29, 0.717) is 12.1 Å². The van der Waals surface area contributed by atoms with Crippen molar-refractivity contribution in [3.63, 3.8) is 0 Å². The number of phenolic OH excluding ortho intramolecular Hbond substituents is 2. The summed E-state index contributed by atoms with van der Waals surface area (Å²) in [6, 6.07) is 4.31. The van der Waals surface area contributed by atoms with E-state index in [1.807, 2.05) is 0 Å². The van der Waals surface area contributed by atoms with E-state index in [0.717, 1.165) is 18.3 Å². The van der Waals surface area contributed by atoms with Crippen molar-refractivity contribution in [3.05, 3.63) is 56.6 Å². The third kappa shape index (κ3) is 4.29. The Balaban J connectivity index is 2.27. The van der Waals surface area contributed by atoms with Gasteiger partial charge in [-0.2, -0.15) is 18.3 Å². The SMILES string of the molecule is O=[N+]([O-])c1cc(C(F)(F)F)ccc1N/N=C/c1cc(O)c(O)c(Cl)c1. The molecule has 11 heteroatoms. The Morgan fingerprint density at radius 3 is 2.48 bits per heavy atom. The van der Waals surface area contributed by atoms with Crippen molar-refractivity contribution >= 4 is 29.2 Å². The van der Waals surface area contributed by atoms with Crippen LogP contribution in [0.5, 0.6) is 11.5 Å². The molecule has 0 aliphatic rings. The fourth-order valence-corrected chi connectivity index (χ4v) is 2.03. The summed E-state index contributed by atoms with van der Waals surface area (Å²) in [6.45, 7) is 0. The highest BCUT2D eigenvalue weighted by Gasteiger charge is 2.33. The van der Waals surface area contributed by atoms with E-state index >= 15 is 0 Å². The maximum atomic E-state index is 12.6. The highest BCUT2D eigenvalue weighted by Crippen LogP contribution is 2.35. The Bertz CT molecular complexity index is 833. The third-order valence-corrected chi connectivity index (χ3v) is 3.27. The van der Waals surface area contributed by atoms with Crippen molar-refractivity contribution in [2.45, 2.75) is 6.18 Å². The van der Waals surface area contributed by atoms with Crippen LogP contribution in [0.1, 0.15) is 11.1 Å². The number of nitrogens with one attached hydrogen (secondary N) is 1. The van der Waals surface area contributed by atoms with Crippen molar-refractivity contribution in [1.82, 2.24) is 0 Å². The molecule has 132 valence electrons. The van der Waals surface area contributed by atoms with Crippen molar-refractivity contribution in [2.24, 2.45) is 5.10 Å². The van der Waals surface area contributed by atoms with Gasteiger partial charge in [-0.1, -0.05) is 11.6 Å². The van der Waals surface area contributed by atoms with Crippen LogP contribution < -0.4 is 5.43 Å². The van der Waals surface area contributed by atoms with Crippen molar-refractivity contribution in [3.8, 4) is 11.5 Å². The van der Waals surface area contributed by atoms with Gasteiger partial charge in [0.15, 0.2) is 11.5 Å². The van der Waals surface area contributed by atoms with E-state index in [9.17, 15) is 33.5 Å². The molecule has 0 fully saturated rings. The molecule has 0 amide bonds. The number of hydrogen-bond acceptors (Lipinski definition) is 6. The minimum atomic E-state index is -4.72. The summed E-state index contributed by atoms with van der Waals surface area (Å²) in [7, 11) is 0. The predicted octanol–water partition coefficient (Wildman–Crippen LogP) is 4.12. The summed E-state index contributed by atoms with van der Waals surface area (Å²) >= 11 is 5.65. The average Bonchev–Trinajstić information content (AvgIpc) is 2.51. The van der Waals surface area contributed by atoms with Gasteiger partial charge in [-0.15, -0.1) is 0 Å². The standard InChI is InChI=1S/C14H9ClF3N3O4/c15-9-3-7(4-12(22)13(9)23)6-19-20-10-2-1-8(14(16,17)18)5-11(10)21(24)25/h1-6,20,22-23H/b19-6+. The Morgan fingerprint density at radius 1 is 1.24 bits per heavy atom. The number of halogens is 4. The smallest absolute Gasteiger partial charge is 0.416 e. The molecule has 2 aromatic carbocycles. The predicted molar refractivity (Wildman–Crippen MR) is 84.1 cm³/mol. The molecule has 0 spiro atoms. The summed E-state index contributed by atoms with van der Waals surface area (Å²) < 4.78 is 37.8. The molecule has 0 unspecified atom stereocenters. The van der Waals surface area contributed by atoms with E-state index < -0.39 is 33.8 Å². The van der Waals surface area contributed by atoms with E-state index in [-0.39, 0.29) is 16.3 Å². The lowest BCUT2D eigenvalue weighted by molar-refractivity contribution is -0.384. The fraction of sp³-hybridized carbons (Fsp3) is 0.0714. The van der Waals surface area contributed by atoms with Gasteiger partial charge < -0.3 is 10.2 Å². The first-order valence-corrected chi connectivity index (χ1v) is 6.83. The highest BCUT2D eigenvalue weighted by atomic mass is 35.5. The van der Waals surface area contributed by atoms with Crippen LogP contribution in [0.15, 0.2) is 35.4 Å². The minimum Gasteiger partial charge on any atom is -0.504 e. The second-order valence-electron chi connectivity index (χ2n) is 4.73. The van der Waals surface area contributed by atoms with Gasteiger partial charge in [-0.3, -0.25) is 15.5 Å². The van der Waals surface area contributed by atoms with Gasteiger partial charge in [0.2, 0.25) is 0 Å². The van der Waals surface area contributed by atoms with Crippen molar-refractivity contribution in [2.75, 3.05) is 5.43 Å². The van der Waals surface area contributed by atoms with Gasteiger partial charge >= 0.3 is 6.18 Å². The molecule has 0 bridgehead atoms. The maximum Gasteiger partial charge on any atom is 0.416 e. The van der Waals surface area contributed by atoms with E-state index in [1.165, 1.54) is 6.07 Å². The Morgan fingerprint density at radius 2 is 1.92 bits per heavy atom. The number of hydrogen-bond donors (Lipinski definition) is 3. The molecule has 25 heavy (non-hydrogen) atoms. The first kappa shape index (κ1) is 18.3. The molecule has 0 radical (unpaired) electrons. The molecule has 0 atom stereocenters. The number of benzene rings is 2. The summed E-state index contributed by atoms with van der Waals surface area (Å²) in [5, 5.41) is 33.1. The van der Waals surface area contributed by atoms with Gasteiger partial charge in [0.25, 0.3) is 5.69 Å². The third-order valence-electron chi connectivity index (χ3n) is 2.99. The lowest BCUT2D eigenvalue weighted by Crippen LogP contribution is -2.06. The normalized spacial score (nSPS) is 11.7. The summed E-state index contributed by atoms with van der Waals surface area (Å²) in [5.41, 5.74) is 0.256. The van der Waals surface area contributed by atoms with Gasteiger partial charge in [-0.05, 0) is 29.8 Å². The van der Waals surface area contributed by atoms with Gasteiger partial charge in [0.05, 0.1) is 21.7 Å². The van der Waals surface area contributed by atoms with E-state index in [1.54, 1.807) is 0 Å². The second kappa shape index (κ2) is 6.85. The number of nitro groups is 1. The Hall–Kier alpha value is -3.01. The summed E-state index contributed by atoms with van der Waals surface area (Å²) in [4.78, 5) is 9.95. The number of alkyl halides is 3. The monoisotopic (exact) mass is 375 g/mol. The number of aromatic hydroxyl groups is 2. The minimum absolute atomic E-state index is 0.151. The largest absolute Gasteiger partial charge is 0.504 e. The fourth-order valence-electron chi connectivity index (χ4n) is 1.81. The van der Waals surface area contributed by atoms with Gasteiger partial charge in [0.1, 0.15) is 5.69 Å². The zero-order valence-corrected chi connectivity index (χ0v) is 12.8. The van der Waals surface area contributed by atoms with Crippen LogP contribution in [0.3, 0.4) is 0 Å². The molecule has 2 aromatic rings. The van der Waals surface area contributed by atoms with Crippen molar-refractivity contribution in [1.29, 1.82) is 0 Å². The van der Waals surface area contributed by atoms with Crippen LogP contribution in [0.2, 0.25) is 5.02 Å². The van der Waals surface area contributed by atoms with Crippen LogP contribution >= 0.6 is 11.6 Å². The molecule has 0 saturated heterocycles. The molecule has 0 aliphatic heterocycles. The summed E-state index contributed by atoms with van der Waals surface area (Å²) in [5.74, 6) is -1.03. The topological polar surface area (TPSA) is 108 Å². The second-order valence-corrected chi connectivity index (χ2v) is 5.13. The number of hydrazone groups is 1. The van der Waals surface area contributed by atoms with E-state index in [4.69, 9.17) is 11.6 Å². The average molecular weight is 376 g/mol. The number of rotatable bonds is 4. The number of nitrogens with zero attached hydrogens (tertiary/aromatic N) is 2. The molecule has 3 N–H and O–H groups in total. The zero-order valence-electron chi connectivity index (χ0n) is 12.1. The van der Waals surface area contributed by atoms with Crippen LogP contribution in [-0.2, 0) is 6.18 Å². The quantitative estimate of drug-likeness (QED) is 0.322. The molecule has 0 aliphatic carbocycles. The molecular weight excluding hydrogens is 367 g/mol. The number of phenols is 2. The van der Waals surface area contributed by atoms with Crippen LogP contribution in [0.25, 0.3) is 0 Å². The molecule has 2 rings (SSSR count). The molecule has 0 aromatic heterocycles. The summed E-state index contributed by atoms with van der Waals surface area (Å²) in [6.07, 6.45) is -3.61.